The van der Waals surface area contributed by atoms with Crippen molar-refractivity contribution < 1.29 is 19.2 Å². The van der Waals surface area contributed by atoms with E-state index in [-0.39, 0.29) is 5.92 Å². The first-order valence-electron chi connectivity index (χ1n) is 21.8. The number of carbonyl (C=O) groups is 4. The van der Waals surface area contributed by atoms with Gasteiger partial charge in [-0.1, -0.05) is 179 Å². The van der Waals surface area contributed by atoms with Crippen LogP contribution < -0.4 is 0 Å². The first-order chi connectivity index (χ1) is 26.3. The summed E-state index contributed by atoms with van der Waals surface area (Å²) < 4.78 is 0. The van der Waals surface area contributed by atoms with E-state index in [0.29, 0.717) is 11.8 Å². The number of fused-ring (bicyclic) bond motifs is 1. The van der Waals surface area contributed by atoms with Crippen molar-refractivity contribution in [2.45, 2.75) is 189 Å². The van der Waals surface area contributed by atoms with E-state index in [0.717, 1.165) is 62.8 Å². The molecule has 3 atom stereocenters. The molecule has 54 heavy (non-hydrogen) atoms. The van der Waals surface area contributed by atoms with Crippen molar-refractivity contribution in [1.29, 1.82) is 0 Å². The first-order valence-corrected chi connectivity index (χ1v) is 21.8. The molecule has 0 saturated heterocycles. The highest BCUT2D eigenvalue weighted by Crippen LogP contribution is 2.32. The number of hydrogen-bond acceptors (Lipinski definition) is 4. The van der Waals surface area contributed by atoms with Gasteiger partial charge in [0.15, 0.2) is 0 Å². The van der Waals surface area contributed by atoms with E-state index in [4.69, 9.17) is 0 Å². The lowest BCUT2D eigenvalue weighted by atomic mass is 9.75. The van der Waals surface area contributed by atoms with Gasteiger partial charge in [0.05, 0.1) is 0 Å². The van der Waals surface area contributed by atoms with Gasteiger partial charge in [0.1, 0.15) is 25.1 Å². The van der Waals surface area contributed by atoms with E-state index in [9.17, 15) is 19.2 Å². The van der Waals surface area contributed by atoms with Crippen LogP contribution in [0, 0.1) is 17.8 Å². The summed E-state index contributed by atoms with van der Waals surface area (Å²) in [5, 5.41) is 0. The fraction of sp³-hybridized carbons (Fsp3) is 0.640. The zero-order chi connectivity index (χ0) is 40.5. The average Bonchev–Trinajstić information content (AvgIpc) is 3.63. The van der Waals surface area contributed by atoms with Crippen LogP contribution in [0.15, 0.2) is 66.3 Å². The van der Waals surface area contributed by atoms with Crippen LogP contribution in [0.1, 0.15) is 194 Å². The molecular weight excluding hydrogens is 665 g/mol. The number of carbonyl (C=O) groups excluding carboxylic acids is 4. The van der Waals surface area contributed by atoms with Crippen molar-refractivity contribution in [1.82, 2.24) is 0 Å². The Morgan fingerprint density at radius 1 is 0.685 bits per heavy atom. The molecule has 1 aromatic rings. The molecular formula is C50H82O4. The summed E-state index contributed by atoms with van der Waals surface area (Å²) in [6.45, 7) is 16.9. The van der Waals surface area contributed by atoms with Crippen LogP contribution in [0.5, 0.6) is 0 Å². The molecule has 0 aromatic heterocycles. The molecule has 4 heteroatoms. The van der Waals surface area contributed by atoms with Crippen LogP contribution >= 0.6 is 0 Å². The fourth-order valence-electron chi connectivity index (χ4n) is 6.34. The standard InChI is InChI=1S/C11H20O.C11H22.C10H8O.C10H16O.C8H16O/c1-2-3-4-5-6-7-8-9-10-11-12;1-3-5-7-9-11-10-8-6-4-2;11-7-8-5-9-3-1-2-4-10(9)6-8;1-7-4-5-10(6-11)9(3)8(7)2;1-2-3-4-5-6-7-8-9/h9-11H,2-8H2,1H3;3H,1,4-11H2,2H3;1-5,7H,6H2;4,6,8-10H,5H2,1-3H3;8H,2-7H2,1H3. The minimum Gasteiger partial charge on any atom is -0.303 e. The van der Waals surface area contributed by atoms with E-state index in [1.165, 1.54) is 132 Å². The van der Waals surface area contributed by atoms with Gasteiger partial charge in [-0.3, -0.25) is 9.59 Å². The number of rotatable bonds is 24. The van der Waals surface area contributed by atoms with E-state index < -0.39 is 0 Å². The lowest BCUT2D eigenvalue weighted by molar-refractivity contribution is -0.113. The first kappa shape index (κ1) is 53.0. The van der Waals surface area contributed by atoms with Gasteiger partial charge in [0, 0.05) is 18.8 Å². The molecule has 2 aliphatic carbocycles. The van der Waals surface area contributed by atoms with Crippen LogP contribution in [0.2, 0.25) is 0 Å². The minimum absolute atomic E-state index is 0.258. The van der Waals surface area contributed by atoms with Crippen molar-refractivity contribution in [2.24, 2.45) is 17.8 Å². The van der Waals surface area contributed by atoms with Gasteiger partial charge >= 0.3 is 0 Å². The molecule has 0 heterocycles. The summed E-state index contributed by atoms with van der Waals surface area (Å²) in [5.74, 6) is 1.37. The van der Waals surface area contributed by atoms with Crippen LogP contribution in [-0.4, -0.2) is 25.1 Å². The monoisotopic (exact) mass is 747 g/mol. The van der Waals surface area contributed by atoms with Gasteiger partial charge < -0.3 is 9.59 Å². The summed E-state index contributed by atoms with van der Waals surface area (Å²) in [4.78, 5) is 40.7. The molecule has 306 valence electrons. The molecule has 0 radical (unpaired) electrons. The third kappa shape index (κ3) is 31.2. The summed E-state index contributed by atoms with van der Waals surface area (Å²) >= 11 is 0. The molecule has 0 saturated carbocycles. The number of hydrogen-bond donors (Lipinski definition) is 0. The second-order valence-electron chi connectivity index (χ2n) is 15.0. The highest BCUT2D eigenvalue weighted by atomic mass is 16.1. The Labute approximate surface area is 333 Å². The Kier molecular flexibility index (Phi) is 40.2. The molecule has 0 fully saturated rings. The Morgan fingerprint density at radius 3 is 1.69 bits per heavy atom. The summed E-state index contributed by atoms with van der Waals surface area (Å²) in [6, 6.07) is 8.08. The molecule has 0 N–H and O–H groups in total. The highest BCUT2D eigenvalue weighted by Gasteiger charge is 2.26. The lowest BCUT2D eigenvalue weighted by Gasteiger charge is -2.29. The van der Waals surface area contributed by atoms with Crippen LogP contribution in [0.3, 0.4) is 0 Å². The zero-order valence-electron chi connectivity index (χ0n) is 35.8. The molecule has 4 nitrogen and oxygen atoms in total. The van der Waals surface area contributed by atoms with Crippen molar-refractivity contribution in [3.05, 3.63) is 77.4 Å². The molecule has 1 aromatic carbocycles. The summed E-state index contributed by atoms with van der Waals surface area (Å²) in [5.41, 5.74) is 4.77. The molecule has 3 unspecified atom stereocenters. The van der Waals surface area contributed by atoms with E-state index in [1.54, 1.807) is 6.08 Å². The predicted octanol–water partition coefficient (Wildman–Crippen LogP) is 14.6. The average molecular weight is 747 g/mol. The van der Waals surface area contributed by atoms with E-state index in [2.05, 4.69) is 60.3 Å². The lowest BCUT2D eigenvalue weighted by Crippen LogP contribution is -2.24. The van der Waals surface area contributed by atoms with Gasteiger partial charge in [-0.25, -0.2) is 0 Å². The molecule has 3 rings (SSSR count). The number of aldehydes is 4. The molecule has 2 aliphatic rings. The van der Waals surface area contributed by atoms with E-state index >= 15 is 0 Å². The summed E-state index contributed by atoms with van der Waals surface area (Å²) in [7, 11) is 0. The second-order valence-corrected chi connectivity index (χ2v) is 15.0. The van der Waals surface area contributed by atoms with Gasteiger partial charge in [-0.15, -0.1) is 6.58 Å². The summed E-state index contributed by atoms with van der Waals surface area (Å²) in [6.07, 6.45) is 42.3. The number of unbranched alkanes of at least 4 members (excludes halogenated alkanes) is 18. The second kappa shape index (κ2) is 41.0. The van der Waals surface area contributed by atoms with Crippen LogP contribution in [0.25, 0.3) is 6.08 Å². The topological polar surface area (TPSA) is 68.3 Å². The molecule has 0 amide bonds. The molecule has 0 bridgehead atoms. The van der Waals surface area contributed by atoms with Crippen molar-refractivity contribution >= 4 is 31.2 Å². The third-order valence-corrected chi connectivity index (χ3v) is 10.4. The largest absolute Gasteiger partial charge is 0.303 e. The van der Waals surface area contributed by atoms with E-state index in [1.807, 2.05) is 36.4 Å². The Balaban J connectivity index is 0. The normalized spacial score (nSPS) is 16.6. The van der Waals surface area contributed by atoms with Gasteiger partial charge in [0.2, 0.25) is 0 Å². The quantitative estimate of drug-likeness (QED) is 0.0457. The highest BCUT2D eigenvalue weighted by molar-refractivity contribution is 5.86. The van der Waals surface area contributed by atoms with Crippen LogP contribution in [0.4, 0.5) is 0 Å². The van der Waals surface area contributed by atoms with Crippen molar-refractivity contribution in [2.75, 3.05) is 0 Å². The van der Waals surface area contributed by atoms with Crippen molar-refractivity contribution in [3.8, 4) is 0 Å². The predicted molar refractivity (Wildman–Crippen MR) is 236 cm³/mol. The van der Waals surface area contributed by atoms with Gasteiger partial charge in [-0.05, 0) is 86.1 Å². The van der Waals surface area contributed by atoms with Gasteiger partial charge in [-0.2, -0.15) is 0 Å². The zero-order valence-corrected chi connectivity index (χ0v) is 35.8. The third-order valence-electron chi connectivity index (χ3n) is 10.4. The van der Waals surface area contributed by atoms with Crippen molar-refractivity contribution in [3.63, 3.8) is 0 Å². The number of allylic oxidation sites excluding steroid dienone is 6. The van der Waals surface area contributed by atoms with Crippen LogP contribution in [-0.2, 0) is 25.6 Å². The van der Waals surface area contributed by atoms with Gasteiger partial charge in [0.25, 0.3) is 0 Å². The Morgan fingerprint density at radius 2 is 1.20 bits per heavy atom. The molecule has 0 aliphatic heterocycles. The minimum atomic E-state index is 0.258. The number of benzene rings is 1. The Hall–Kier alpha value is -3.14. The maximum atomic E-state index is 10.6. The fourth-order valence-corrected chi connectivity index (χ4v) is 6.34. The molecule has 0 spiro atoms. The Bertz CT molecular complexity index is 1140. The smallest absolute Gasteiger partial charge is 0.146 e. The maximum Gasteiger partial charge on any atom is 0.146 e. The SMILES string of the molecule is C=CCCCCCCCCC.CC1=CCC(C=O)C(C)C1C.CCCCCCCC=O.CCCCCCCCC=CC=O.O=CC1=Cc2ccccc2C1. The maximum absolute atomic E-state index is 10.6.